The molecule has 2 aliphatic rings. The van der Waals surface area contributed by atoms with Gasteiger partial charge >= 0.3 is 5.97 Å². The van der Waals surface area contributed by atoms with Gasteiger partial charge in [0.25, 0.3) is 0 Å². The number of aliphatic carboxylic acids is 1. The summed E-state index contributed by atoms with van der Waals surface area (Å²) in [5, 5.41) is 10.2. The maximum atomic E-state index is 11.8. The second-order valence-electron chi connectivity index (χ2n) is 5.37. The fraction of sp³-hybridized carbons (Fsp3) is 0.533. The molecule has 1 aliphatic carbocycles. The number of carboxylic acid groups (broad SMARTS) is 1. The van der Waals surface area contributed by atoms with Gasteiger partial charge in [0, 0.05) is 4.90 Å². The van der Waals surface area contributed by atoms with Crippen molar-refractivity contribution in [2.45, 2.75) is 41.2 Å². The van der Waals surface area contributed by atoms with Gasteiger partial charge in [-0.15, -0.1) is 11.8 Å². The lowest BCUT2D eigenvalue weighted by molar-refractivity contribution is -0.143. The fourth-order valence-electron chi connectivity index (χ4n) is 3.00. The van der Waals surface area contributed by atoms with E-state index in [1.165, 1.54) is 0 Å². The summed E-state index contributed by atoms with van der Waals surface area (Å²) < 4.78 is 5.21. The van der Waals surface area contributed by atoms with Crippen LogP contribution in [0.2, 0.25) is 0 Å². The molecular weight excluding hydrogens is 260 g/mol. The highest BCUT2D eigenvalue weighted by Crippen LogP contribution is 2.45. The van der Waals surface area contributed by atoms with Gasteiger partial charge in [-0.25, -0.2) is 0 Å². The maximum Gasteiger partial charge on any atom is 0.314 e. The predicted octanol–water partition coefficient (Wildman–Crippen LogP) is 3.07. The molecule has 1 heterocycles. The fourth-order valence-corrected chi connectivity index (χ4v) is 4.24. The van der Waals surface area contributed by atoms with Gasteiger partial charge in [0.1, 0.15) is 0 Å². The maximum absolute atomic E-state index is 11.8. The molecule has 0 unspecified atom stereocenters. The molecule has 1 N–H and O–H groups in total. The topological polar surface area (TPSA) is 46.5 Å². The number of hydrogen-bond donors (Lipinski definition) is 1. The smallest absolute Gasteiger partial charge is 0.314 e. The Kier molecular flexibility index (Phi) is 3.54. The van der Waals surface area contributed by atoms with Crippen molar-refractivity contribution < 1.29 is 14.6 Å². The molecule has 1 aromatic rings. The lowest BCUT2D eigenvalue weighted by Gasteiger charge is -2.30. The van der Waals surface area contributed by atoms with Gasteiger partial charge in [-0.1, -0.05) is 31.0 Å². The third kappa shape index (κ3) is 2.28. The van der Waals surface area contributed by atoms with Gasteiger partial charge < -0.3 is 9.84 Å². The summed E-state index contributed by atoms with van der Waals surface area (Å²) in [5.74, 6) is -0.664. The zero-order valence-electron chi connectivity index (χ0n) is 10.8. The van der Waals surface area contributed by atoms with Crippen molar-refractivity contribution in [3.63, 3.8) is 0 Å². The van der Waals surface area contributed by atoms with Crippen molar-refractivity contribution >= 4 is 17.7 Å². The number of hydrogen-bond acceptors (Lipinski definition) is 3. The summed E-state index contributed by atoms with van der Waals surface area (Å²) in [6, 6.07) is 8.01. The van der Waals surface area contributed by atoms with Gasteiger partial charge in [-0.2, -0.15) is 0 Å². The molecule has 1 saturated carbocycles. The van der Waals surface area contributed by atoms with Crippen LogP contribution in [0.3, 0.4) is 0 Å². The van der Waals surface area contributed by atoms with Crippen molar-refractivity contribution in [2.75, 3.05) is 13.2 Å². The van der Waals surface area contributed by atoms with Crippen LogP contribution in [0, 0.1) is 0 Å². The van der Waals surface area contributed by atoms with E-state index in [9.17, 15) is 9.90 Å². The highest BCUT2D eigenvalue weighted by molar-refractivity contribution is 8.00. The van der Waals surface area contributed by atoms with Crippen LogP contribution in [-0.2, 0) is 14.9 Å². The first-order chi connectivity index (χ1) is 9.22. The average Bonchev–Trinajstić information content (AvgIpc) is 2.85. The number of carbonyl (C=O) groups is 1. The Balaban J connectivity index is 1.95. The highest BCUT2D eigenvalue weighted by atomic mass is 32.2. The first kappa shape index (κ1) is 13.0. The molecule has 0 spiro atoms. The lowest BCUT2D eigenvalue weighted by atomic mass is 9.79. The van der Waals surface area contributed by atoms with Crippen LogP contribution < -0.4 is 0 Å². The third-order valence-corrected chi connectivity index (χ3v) is 5.39. The third-order valence-electron chi connectivity index (χ3n) is 4.17. The molecule has 102 valence electrons. The second kappa shape index (κ2) is 5.17. The van der Waals surface area contributed by atoms with E-state index in [0.717, 1.165) is 49.4 Å². The van der Waals surface area contributed by atoms with Crippen LogP contribution in [0.1, 0.15) is 31.2 Å². The number of carboxylic acids is 1. The molecule has 0 radical (unpaired) electrons. The molecule has 4 heteroatoms. The molecule has 1 aromatic carbocycles. The lowest BCUT2D eigenvalue weighted by Crippen LogP contribution is -2.34. The van der Waals surface area contributed by atoms with Crippen LogP contribution in [0.4, 0.5) is 0 Å². The Morgan fingerprint density at radius 2 is 1.95 bits per heavy atom. The van der Waals surface area contributed by atoms with Crippen LogP contribution in [0.25, 0.3) is 0 Å². The van der Waals surface area contributed by atoms with Crippen molar-refractivity contribution in [1.82, 2.24) is 0 Å². The largest absolute Gasteiger partial charge is 0.481 e. The Hall–Kier alpha value is -1.00. The first-order valence-corrected chi connectivity index (χ1v) is 7.68. The quantitative estimate of drug-likeness (QED) is 0.919. The van der Waals surface area contributed by atoms with Gasteiger partial charge in [-0.05, 0) is 24.5 Å². The van der Waals surface area contributed by atoms with Gasteiger partial charge in [0.15, 0.2) is 0 Å². The molecule has 3 nitrogen and oxygen atoms in total. The van der Waals surface area contributed by atoms with Gasteiger partial charge in [-0.3, -0.25) is 4.79 Å². The van der Waals surface area contributed by atoms with Crippen LogP contribution in [0.15, 0.2) is 29.2 Å². The summed E-state index contributed by atoms with van der Waals surface area (Å²) >= 11 is 1.77. The van der Waals surface area contributed by atoms with E-state index in [1.54, 1.807) is 11.8 Å². The molecule has 2 fully saturated rings. The van der Waals surface area contributed by atoms with Crippen molar-refractivity contribution in [2.24, 2.45) is 0 Å². The second-order valence-corrected chi connectivity index (χ2v) is 6.71. The molecule has 3 rings (SSSR count). The molecule has 19 heavy (non-hydrogen) atoms. The van der Waals surface area contributed by atoms with E-state index in [1.807, 2.05) is 18.2 Å². The average molecular weight is 278 g/mol. The van der Waals surface area contributed by atoms with Gasteiger partial charge in [0.2, 0.25) is 0 Å². The van der Waals surface area contributed by atoms with Crippen molar-refractivity contribution in [3.05, 3.63) is 29.8 Å². The molecular formula is C15H18O3S. The van der Waals surface area contributed by atoms with E-state index >= 15 is 0 Å². The summed E-state index contributed by atoms with van der Waals surface area (Å²) in [6.07, 6.45) is 3.55. The van der Waals surface area contributed by atoms with E-state index in [4.69, 9.17) is 4.74 Å². The van der Waals surface area contributed by atoms with Crippen LogP contribution >= 0.6 is 11.8 Å². The van der Waals surface area contributed by atoms with E-state index in [-0.39, 0.29) is 0 Å². The Morgan fingerprint density at radius 3 is 2.53 bits per heavy atom. The summed E-state index contributed by atoms with van der Waals surface area (Å²) in [7, 11) is 0. The highest BCUT2D eigenvalue weighted by Gasteiger charge is 2.44. The molecule has 0 bridgehead atoms. The zero-order valence-corrected chi connectivity index (χ0v) is 11.6. The summed E-state index contributed by atoms with van der Waals surface area (Å²) in [5.41, 5.74) is 0.352. The molecule has 1 saturated heterocycles. The standard InChI is InChI=1S/C15H18O3S/c16-14(17)15(7-3-4-8-15)12-5-1-2-6-13(12)19-11-9-18-10-11/h1-2,5-6,11H,3-4,7-10H2,(H,16,17). The predicted molar refractivity (Wildman–Crippen MR) is 74.7 cm³/mol. The number of thioether (sulfide) groups is 1. The summed E-state index contributed by atoms with van der Waals surface area (Å²) in [6.45, 7) is 1.55. The molecule has 0 amide bonds. The van der Waals surface area contributed by atoms with E-state index in [0.29, 0.717) is 5.25 Å². The first-order valence-electron chi connectivity index (χ1n) is 6.80. The molecule has 1 aliphatic heterocycles. The number of benzene rings is 1. The van der Waals surface area contributed by atoms with Crippen molar-refractivity contribution in [1.29, 1.82) is 0 Å². The minimum Gasteiger partial charge on any atom is -0.481 e. The van der Waals surface area contributed by atoms with Crippen molar-refractivity contribution in [3.8, 4) is 0 Å². The minimum atomic E-state index is -0.664. The van der Waals surface area contributed by atoms with E-state index < -0.39 is 11.4 Å². The molecule has 0 atom stereocenters. The van der Waals surface area contributed by atoms with Gasteiger partial charge in [0.05, 0.1) is 23.9 Å². The number of rotatable bonds is 4. The Morgan fingerprint density at radius 1 is 1.26 bits per heavy atom. The summed E-state index contributed by atoms with van der Waals surface area (Å²) in [4.78, 5) is 12.9. The monoisotopic (exact) mass is 278 g/mol. The van der Waals surface area contributed by atoms with Crippen LogP contribution in [-0.4, -0.2) is 29.5 Å². The number of ether oxygens (including phenoxy) is 1. The van der Waals surface area contributed by atoms with E-state index in [2.05, 4.69) is 6.07 Å². The Labute approximate surface area is 117 Å². The normalized spacial score (nSPS) is 22.1. The minimum absolute atomic E-state index is 0.480. The SMILES string of the molecule is O=C(O)C1(c2ccccc2SC2COC2)CCCC1. The Bertz CT molecular complexity index is 476. The molecule has 0 aromatic heterocycles. The van der Waals surface area contributed by atoms with Crippen LogP contribution in [0.5, 0.6) is 0 Å². The zero-order chi connectivity index (χ0) is 13.3.